The van der Waals surface area contributed by atoms with Crippen LogP contribution >= 0.6 is 35.0 Å². The highest BCUT2D eigenvalue weighted by molar-refractivity contribution is 8.04. The highest BCUT2D eigenvalue weighted by Gasteiger charge is 2.43. The Balaban J connectivity index is 1.42. The number of thioether (sulfide) groups is 1. The van der Waals surface area contributed by atoms with Gasteiger partial charge in [0.25, 0.3) is 11.8 Å². The van der Waals surface area contributed by atoms with Crippen molar-refractivity contribution in [1.29, 1.82) is 0 Å². The van der Waals surface area contributed by atoms with Gasteiger partial charge in [0.05, 0.1) is 10.7 Å². The molecule has 3 aromatic carbocycles. The van der Waals surface area contributed by atoms with E-state index in [1.807, 2.05) is 35.2 Å². The second-order valence-corrected chi connectivity index (χ2v) is 10.3. The first-order chi connectivity index (χ1) is 17.0. The van der Waals surface area contributed by atoms with Gasteiger partial charge in [0, 0.05) is 42.6 Å². The molecule has 0 bridgehead atoms. The summed E-state index contributed by atoms with van der Waals surface area (Å²) < 4.78 is 0. The third-order valence-electron chi connectivity index (χ3n) is 6.08. The summed E-state index contributed by atoms with van der Waals surface area (Å²) in [5.74, 6) is -0.694. The van der Waals surface area contributed by atoms with Crippen LogP contribution in [0.15, 0.2) is 94.4 Å². The van der Waals surface area contributed by atoms with Gasteiger partial charge >= 0.3 is 0 Å². The Morgan fingerprint density at radius 3 is 2.09 bits per heavy atom. The van der Waals surface area contributed by atoms with E-state index in [1.54, 1.807) is 36.4 Å². The van der Waals surface area contributed by atoms with E-state index < -0.39 is 0 Å². The van der Waals surface area contributed by atoms with Crippen LogP contribution in [0.2, 0.25) is 10.0 Å². The van der Waals surface area contributed by atoms with Crippen molar-refractivity contribution in [3.63, 3.8) is 0 Å². The number of imide groups is 1. The van der Waals surface area contributed by atoms with Crippen LogP contribution in [-0.4, -0.2) is 47.8 Å². The quantitative estimate of drug-likeness (QED) is 0.388. The van der Waals surface area contributed by atoms with Gasteiger partial charge in [-0.05, 0) is 42.0 Å². The van der Waals surface area contributed by atoms with Crippen molar-refractivity contribution in [1.82, 2.24) is 9.80 Å². The summed E-state index contributed by atoms with van der Waals surface area (Å²) in [7, 11) is 0. The smallest absolute Gasteiger partial charge is 0.283 e. The van der Waals surface area contributed by atoms with Crippen molar-refractivity contribution in [2.75, 3.05) is 31.1 Å². The van der Waals surface area contributed by atoms with Crippen LogP contribution < -0.4 is 4.90 Å². The molecule has 5 nitrogen and oxygen atoms in total. The maximum absolute atomic E-state index is 13.7. The van der Waals surface area contributed by atoms with Crippen LogP contribution in [0.4, 0.5) is 5.69 Å². The van der Waals surface area contributed by atoms with E-state index in [9.17, 15) is 9.59 Å². The molecule has 2 amide bonds. The zero-order valence-corrected chi connectivity index (χ0v) is 21.2. The molecule has 2 heterocycles. The highest BCUT2D eigenvalue weighted by Crippen LogP contribution is 2.40. The summed E-state index contributed by atoms with van der Waals surface area (Å²) >= 11 is 13.7. The molecule has 2 aliphatic heterocycles. The molecule has 0 unspecified atom stereocenters. The normalized spacial score (nSPS) is 17.0. The second kappa shape index (κ2) is 10.5. The van der Waals surface area contributed by atoms with Gasteiger partial charge in [-0.25, -0.2) is 4.90 Å². The lowest BCUT2D eigenvalue weighted by molar-refractivity contribution is -0.121. The highest BCUT2D eigenvalue weighted by atomic mass is 35.5. The molecule has 178 valence electrons. The zero-order valence-electron chi connectivity index (χ0n) is 18.9. The van der Waals surface area contributed by atoms with Gasteiger partial charge in [0.15, 0.2) is 0 Å². The molecule has 2 aliphatic rings. The average Bonchev–Trinajstić information content (AvgIpc) is 3.11. The summed E-state index contributed by atoms with van der Waals surface area (Å²) in [6, 6.07) is 24.5. The summed E-state index contributed by atoms with van der Waals surface area (Å²) in [5, 5.41) is 0.976. The second-order valence-electron chi connectivity index (χ2n) is 8.38. The third-order valence-corrected chi connectivity index (χ3v) is 7.73. The predicted octanol–water partition coefficient (Wildman–Crippen LogP) is 5.69. The minimum Gasteiger partial charge on any atom is -0.363 e. The molecule has 0 saturated carbocycles. The molecule has 1 fully saturated rings. The van der Waals surface area contributed by atoms with E-state index in [4.69, 9.17) is 23.2 Å². The van der Waals surface area contributed by atoms with E-state index in [2.05, 4.69) is 17.0 Å². The van der Waals surface area contributed by atoms with Crippen LogP contribution in [0, 0.1) is 0 Å². The molecular weight excluding hydrogens is 501 g/mol. The first-order valence-electron chi connectivity index (χ1n) is 11.3. The molecule has 3 aromatic rings. The molecule has 35 heavy (non-hydrogen) atoms. The SMILES string of the molecule is O=C1C(Sc2ccc(Cl)cc2)=C(N2CCN(Cc3ccccc3)CC2)C(=O)N1c1ccccc1Cl. The van der Waals surface area contributed by atoms with Crippen molar-refractivity contribution in [3.8, 4) is 0 Å². The average molecular weight is 524 g/mol. The van der Waals surface area contributed by atoms with Crippen molar-refractivity contribution in [3.05, 3.63) is 105 Å². The number of anilines is 1. The summed E-state index contributed by atoms with van der Waals surface area (Å²) in [5.41, 5.74) is 2.10. The molecule has 0 atom stereocenters. The maximum atomic E-state index is 13.7. The number of para-hydroxylation sites is 1. The monoisotopic (exact) mass is 523 g/mol. The molecule has 0 radical (unpaired) electrons. The molecule has 0 spiro atoms. The van der Waals surface area contributed by atoms with Gasteiger partial charge in [-0.2, -0.15) is 0 Å². The molecule has 0 aromatic heterocycles. The zero-order chi connectivity index (χ0) is 24.4. The molecule has 5 rings (SSSR count). The van der Waals surface area contributed by atoms with E-state index >= 15 is 0 Å². The first kappa shape index (κ1) is 23.9. The standard InChI is InChI=1S/C27H23Cl2N3O2S/c28-20-10-12-21(13-11-20)35-25-24(26(33)32(27(25)34)23-9-5-4-8-22(23)29)31-16-14-30(15-17-31)18-19-6-2-1-3-7-19/h1-13H,14-18H2. The Kier molecular flexibility index (Phi) is 7.16. The molecule has 0 aliphatic carbocycles. The van der Waals surface area contributed by atoms with Crippen molar-refractivity contribution < 1.29 is 9.59 Å². The Bertz CT molecular complexity index is 1270. The van der Waals surface area contributed by atoms with Gasteiger partial charge in [-0.3, -0.25) is 14.5 Å². The van der Waals surface area contributed by atoms with Crippen molar-refractivity contribution in [2.24, 2.45) is 0 Å². The van der Waals surface area contributed by atoms with Crippen molar-refractivity contribution in [2.45, 2.75) is 11.4 Å². The largest absolute Gasteiger partial charge is 0.363 e. The fraction of sp³-hybridized carbons (Fsp3) is 0.185. The predicted molar refractivity (Wildman–Crippen MR) is 142 cm³/mol. The van der Waals surface area contributed by atoms with Crippen LogP contribution in [0.3, 0.4) is 0 Å². The van der Waals surface area contributed by atoms with E-state index in [0.29, 0.717) is 39.4 Å². The number of rotatable bonds is 6. The minimum absolute atomic E-state index is 0.337. The number of amides is 2. The lowest BCUT2D eigenvalue weighted by Crippen LogP contribution is -2.47. The number of nitrogens with zero attached hydrogens (tertiary/aromatic N) is 3. The maximum Gasteiger partial charge on any atom is 0.283 e. The molecule has 1 saturated heterocycles. The number of carbonyl (C=O) groups is 2. The fourth-order valence-electron chi connectivity index (χ4n) is 4.31. The summed E-state index contributed by atoms with van der Waals surface area (Å²) in [4.78, 5) is 34.2. The Hall–Kier alpha value is -2.77. The lowest BCUT2D eigenvalue weighted by Gasteiger charge is -2.36. The van der Waals surface area contributed by atoms with Crippen LogP contribution in [0.1, 0.15) is 5.56 Å². The van der Waals surface area contributed by atoms with E-state index in [1.165, 1.54) is 22.2 Å². The number of benzene rings is 3. The first-order valence-corrected chi connectivity index (χ1v) is 12.9. The van der Waals surface area contributed by atoms with Gasteiger partial charge < -0.3 is 4.90 Å². The number of halogens is 2. The summed E-state index contributed by atoms with van der Waals surface area (Å²) in [6.45, 7) is 3.76. The molecule has 8 heteroatoms. The molecular formula is C27H23Cl2N3O2S. The van der Waals surface area contributed by atoms with Gasteiger partial charge in [0.1, 0.15) is 10.6 Å². The van der Waals surface area contributed by atoms with E-state index in [-0.39, 0.29) is 11.8 Å². The topological polar surface area (TPSA) is 43.9 Å². The minimum atomic E-state index is -0.357. The third kappa shape index (κ3) is 5.11. The number of piperazine rings is 1. The van der Waals surface area contributed by atoms with Crippen molar-refractivity contribution >= 4 is 52.5 Å². The number of hydrogen-bond donors (Lipinski definition) is 0. The van der Waals surface area contributed by atoms with Gasteiger partial charge in [-0.15, -0.1) is 0 Å². The Morgan fingerprint density at radius 2 is 1.40 bits per heavy atom. The van der Waals surface area contributed by atoms with Crippen LogP contribution in [0.25, 0.3) is 0 Å². The Labute approximate surface area is 218 Å². The molecule has 0 N–H and O–H groups in total. The number of hydrogen-bond acceptors (Lipinski definition) is 5. The fourth-order valence-corrected chi connectivity index (χ4v) is 5.66. The van der Waals surface area contributed by atoms with Crippen LogP contribution in [-0.2, 0) is 16.1 Å². The van der Waals surface area contributed by atoms with Crippen LogP contribution in [0.5, 0.6) is 0 Å². The lowest BCUT2D eigenvalue weighted by atomic mass is 10.2. The van der Waals surface area contributed by atoms with E-state index in [0.717, 1.165) is 24.5 Å². The van der Waals surface area contributed by atoms with Gasteiger partial charge in [-0.1, -0.05) is 77.4 Å². The van der Waals surface area contributed by atoms with Gasteiger partial charge in [0.2, 0.25) is 0 Å². The number of carbonyl (C=O) groups excluding carboxylic acids is 2. The summed E-state index contributed by atoms with van der Waals surface area (Å²) in [6.07, 6.45) is 0. The Morgan fingerprint density at radius 1 is 0.743 bits per heavy atom.